The Balaban J connectivity index is 1.58. The Morgan fingerprint density at radius 1 is 1.00 bits per heavy atom. The number of hydrazone groups is 1. The van der Waals surface area contributed by atoms with Crippen molar-refractivity contribution in [3.63, 3.8) is 0 Å². The molecule has 0 spiro atoms. The number of amides is 1. The van der Waals surface area contributed by atoms with E-state index in [1.807, 2.05) is 48.5 Å². The van der Waals surface area contributed by atoms with Gasteiger partial charge in [0.1, 0.15) is 12.4 Å². The second kappa shape index (κ2) is 9.21. The highest BCUT2D eigenvalue weighted by Crippen LogP contribution is 2.16. The third kappa shape index (κ3) is 5.58. The van der Waals surface area contributed by atoms with Crippen LogP contribution in [0.25, 0.3) is 0 Å². The zero-order chi connectivity index (χ0) is 19.1. The van der Waals surface area contributed by atoms with Gasteiger partial charge in [0.2, 0.25) is 0 Å². The quantitative estimate of drug-likeness (QED) is 0.450. The van der Waals surface area contributed by atoms with Crippen molar-refractivity contribution in [3.8, 4) is 5.75 Å². The van der Waals surface area contributed by atoms with Gasteiger partial charge in [-0.15, -0.1) is 0 Å². The summed E-state index contributed by atoms with van der Waals surface area (Å²) in [5.41, 5.74) is 4.65. The van der Waals surface area contributed by atoms with Crippen molar-refractivity contribution in [3.05, 3.63) is 99.5 Å². The molecule has 0 bridgehead atoms. The average molecular weight is 399 g/mol. The molecule has 0 aromatic heterocycles. The van der Waals surface area contributed by atoms with Crippen LogP contribution >= 0.6 is 23.2 Å². The lowest BCUT2D eigenvalue weighted by Crippen LogP contribution is -2.17. The molecule has 6 heteroatoms. The van der Waals surface area contributed by atoms with Crippen molar-refractivity contribution in [2.45, 2.75) is 6.61 Å². The molecule has 3 rings (SSSR count). The minimum atomic E-state index is -0.369. The summed E-state index contributed by atoms with van der Waals surface area (Å²) < 4.78 is 5.78. The molecule has 0 saturated heterocycles. The van der Waals surface area contributed by atoms with Crippen LogP contribution in [0.15, 0.2) is 77.9 Å². The Labute approximate surface area is 167 Å². The van der Waals surface area contributed by atoms with Crippen LogP contribution in [-0.2, 0) is 6.61 Å². The number of hydrogen-bond donors (Lipinski definition) is 1. The van der Waals surface area contributed by atoms with Gasteiger partial charge in [0, 0.05) is 5.02 Å². The first-order valence-corrected chi connectivity index (χ1v) is 8.92. The number of nitrogens with zero attached hydrogens (tertiary/aromatic N) is 1. The third-order valence-electron chi connectivity index (χ3n) is 3.68. The largest absolute Gasteiger partial charge is 0.489 e. The van der Waals surface area contributed by atoms with Crippen LogP contribution < -0.4 is 10.2 Å². The Morgan fingerprint density at radius 3 is 2.56 bits per heavy atom. The maximum Gasteiger partial charge on any atom is 0.272 e. The van der Waals surface area contributed by atoms with E-state index in [9.17, 15) is 4.79 Å². The van der Waals surface area contributed by atoms with Gasteiger partial charge in [-0.25, -0.2) is 5.43 Å². The van der Waals surface area contributed by atoms with Gasteiger partial charge in [-0.3, -0.25) is 4.79 Å². The summed E-state index contributed by atoms with van der Waals surface area (Å²) in [5.74, 6) is 0.332. The molecule has 0 saturated carbocycles. The van der Waals surface area contributed by atoms with Crippen molar-refractivity contribution in [2.75, 3.05) is 0 Å². The van der Waals surface area contributed by atoms with E-state index >= 15 is 0 Å². The standard InChI is InChI=1S/C21H16Cl2N2O2/c22-17-10-8-15(9-11-17)14-27-18-5-3-4-16(12-18)13-24-25-21(26)19-6-1-2-7-20(19)23/h1-13H,14H2,(H,25,26)/b24-13-. The van der Waals surface area contributed by atoms with Crippen molar-refractivity contribution in [1.29, 1.82) is 0 Å². The molecule has 27 heavy (non-hydrogen) atoms. The van der Waals surface area contributed by atoms with E-state index in [-0.39, 0.29) is 5.91 Å². The molecule has 0 fully saturated rings. The van der Waals surface area contributed by atoms with E-state index in [0.717, 1.165) is 11.1 Å². The van der Waals surface area contributed by atoms with Crippen LogP contribution in [0.2, 0.25) is 10.0 Å². The smallest absolute Gasteiger partial charge is 0.272 e. The fraction of sp³-hybridized carbons (Fsp3) is 0.0476. The highest BCUT2D eigenvalue weighted by Gasteiger charge is 2.07. The van der Waals surface area contributed by atoms with Gasteiger partial charge in [0.25, 0.3) is 5.91 Å². The highest BCUT2D eigenvalue weighted by molar-refractivity contribution is 6.33. The zero-order valence-corrected chi connectivity index (χ0v) is 15.7. The van der Waals surface area contributed by atoms with Crippen LogP contribution in [0, 0.1) is 0 Å². The third-order valence-corrected chi connectivity index (χ3v) is 4.26. The minimum absolute atomic E-state index is 0.369. The molecule has 4 nitrogen and oxygen atoms in total. The Bertz CT molecular complexity index is 956. The molecule has 0 radical (unpaired) electrons. The molecule has 0 atom stereocenters. The van der Waals surface area contributed by atoms with Gasteiger partial charge < -0.3 is 4.74 Å². The molecule has 1 amide bonds. The minimum Gasteiger partial charge on any atom is -0.489 e. The number of carbonyl (C=O) groups is 1. The van der Waals surface area contributed by atoms with Crippen LogP contribution in [0.4, 0.5) is 0 Å². The van der Waals surface area contributed by atoms with Gasteiger partial charge in [0.05, 0.1) is 16.8 Å². The van der Waals surface area contributed by atoms with Gasteiger partial charge in [0.15, 0.2) is 0 Å². The second-order valence-corrected chi connectivity index (χ2v) is 6.51. The van der Waals surface area contributed by atoms with Crippen LogP contribution in [0.3, 0.4) is 0 Å². The second-order valence-electron chi connectivity index (χ2n) is 5.67. The summed E-state index contributed by atoms with van der Waals surface area (Å²) in [5, 5.41) is 5.04. The number of rotatable bonds is 6. The summed E-state index contributed by atoms with van der Waals surface area (Å²) in [6.07, 6.45) is 1.55. The van der Waals surface area contributed by atoms with Gasteiger partial charge in [-0.1, -0.05) is 59.6 Å². The number of halogens is 2. The lowest BCUT2D eigenvalue weighted by molar-refractivity contribution is 0.0955. The maximum atomic E-state index is 12.1. The summed E-state index contributed by atoms with van der Waals surface area (Å²) in [4.78, 5) is 12.1. The van der Waals surface area contributed by atoms with Crippen LogP contribution in [0.1, 0.15) is 21.5 Å². The van der Waals surface area contributed by atoms with Crippen LogP contribution in [0.5, 0.6) is 5.75 Å². The van der Waals surface area contributed by atoms with E-state index in [1.165, 1.54) is 0 Å². The van der Waals surface area contributed by atoms with Crippen molar-refractivity contribution < 1.29 is 9.53 Å². The molecule has 1 N–H and O–H groups in total. The van der Waals surface area contributed by atoms with Gasteiger partial charge in [-0.05, 0) is 47.5 Å². The fourth-order valence-electron chi connectivity index (χ4n) is 2.30. The molecular formula is C21H16Cl2N2O2. The Morgan fingerprint density at radius 2 is 1.78 bits per heavy atom. The Kier molecular flexibility index (Phi) is 6.47. The van der Waals surface area contributed by atoms with E-state index in [0.29, 0.717) is 28.0 Å². The first kappa shape index (κ1) is 19.0. The van der Waals surface area contributed by atoms with Gasteiger partial charge >= 0.3 is 0 Å². The summed E-state index contributed by atoms with van der Waals surface area (Å²) >= 11 is 11.9. The zero-order valence-electron chi connectivity index (χ0n) is 14.2. The number of benzene rings is 3. The topological polar surface area (TPSA) is 50.7 Å². The molecule has 0 aliphatic heterocycles. The van der Waals surface area contributed by atoms with Crippen molar-refractivity contribution in [1.82, 2.24) is 5.43 Å². The first-order valence-electron chi connectivity index (χ1n) is 8.17. The van der Waals surface area contributed by atoms with E-state index < -0.39 is 0 Å². The molecular weight excluding hydrogens is 383 g/mol. The molecule has 0 aliphatic carbocycles. The highest BCUT2D eigenvalue weighted by atomic mass is 35.5. The molecule has 136 valence electrons. The summed E-state index contributed by atoms with van der Waals surface area (Å²) in [6.45, 7) is 0.432. The molecule has 3 aromatic rings. The van der Waals surface area contributed by atoms with Crippen molar-refractivity contribution >= 4 is 35.3 Å². The molecule has 0 unspecified atom stereocenters. The van der Waals surface area contributed by atoms with E-state index in [1.54, 1.807) is 30.5 Å². The van der Waals surface area contributed by atoms with E-state index in [2.05, 4.69) is 10.5 Å². The average Bonchev–Trinajstić information content (AvgIpc) is 2.68. The molecule has 3 aromatic carbocycles. The monoisotopic (exact) mass is 398 g/mol. The molecule has 0 aliphatic rings. The lowest BCUT2D eigenvalue weighted by atomic mass is 10.2. The SMILES string of the molecule is O=C(N/N=C\c1cccc(OCc2ccc(Cl)cc2)c1)c1ccccc1Cl. The van der Waals surface area contributed by atoms with Crippen LogP contribution in [-0.4, -0.2) is 12.1 Å². The summed E-state index contributed by atoms with van der Waals surface area (Å²) in [6, 6.07) is 21.7. The van der Waals surface area contributed by atoms with E-state index in [4.69, 9.17) is 27.9 Å². The number of ether oxygens (including phenoxy) is 1. The predicted molar refractivity (Wildman–Crippen MR) is 109 cm³/mol. The maximum absolute atomic E-state index is 12.1. The predicted octanol–water partition coefficient (Wildman–Crippen LogP) is 5.34. The number of hydrogen-bond acceptors (Lipinski definition) is 3. The normalized spacial score (nSPS) is 10.7. The van der Waals surface area contributed by atoms with Crippen molar-refractivity contribution in [2.24, 2.45) is 5.10 Å². The summed E-state index contributed by atoms with van der Waals surface area (Å²) in [7, 11) is 0. The molecule has 0 heterocycles. The lowest BCUT2D eigenvalue weighted by Gasteiger charge is -2.07. The van der Waals surface area contributed by atoms with Gasteiger partial charge in [-0.2, -0.15) is 5.10 Å². The Hall–Kier alpha value is -2.82. The first-order chi connectivity index (χ1) is 13.1. The number of carbonyl (C=O) groups excluding carboxylic acids is 1. The number of nitrogens with one attached hydrogen (secondary N) is 1. The fourth-order valence-corrected chi connectivity index (χ4v) is 2.65.